The second-order valence-corrected chi connectivity index (χ2v) is 5.35. The summed E-state index contributed by atoms with van der Waals surface area (Å²) in [6.45, 7) is 2.22. The Bertz CT molecular complexity index is 539. The number of nitrogens with zero attached hydrogens (tertiary/aromatic N) is 4. The fourth-order valence-electron chi connectivity index (χ4n) is 2.93. The summed E-state index contributed by atoms with van der Waals surface area (Å²) in [5.41, 5.74) is 7.49. The first-order valence-electron chi connectivity index (χ1n) is 6.89. The number of rotatable bonds is 3. The summed E-state index contributed by atoms with van der Waals surface area (Å²) in [7, 11) is 0. The largest absolute Gasteiger partial charge is 0.399 e. The molecule has 1 saturated carbocycles. The molecule has 2 aromatic rings. The second-order valence-electron chi connectivity index (χ2n) is 5.35. The van der Waals surface area contributed by atoms with Crippen LogP contribution in [0, 0.1) is 5.92 Å². The quantitative estimate of drug-likeness (QED) is 0.858. The van der Waals surface area contributed by atoms with Crippen molar-refractivity contribution in [2.75, 3.05) is 5.73 Å². The molecule has 5 heteroatoms. The number of benzene rings is 1. The van der Waals surface area contributed by atoms with Crippen LogP contribution in [0.25, 0.3) is 11.4 Å². The number of anilines is 1. The minimum atomic E-state index is 0.352. The van der Waals surface area contributed by atoms with Crippen LogP contribution < -0.4 is 5.73 Å². The molecule has 1 atom stereocenters. The molecular formula is C14H19N5. The van der Waals surface area contributed by atoms with Gasteiger partial charge < -0.3 is 5.73 Å². The lowest BCUT2D eigenvalue weighted by Crippen LogP contribution is -2.16. The van der Waals surface area contributed by atoms with Gasteiger partial charge in [-0.2, -0.15) is 0 Å². The summed E-state index contributed by atoms with van der Waals surface area (Å²) in [4.78, 5) is 0. The topological polar surface area (TPSA) is 69.6 Å². The minimum absolute atomic E-state index is 0.352. The molecule has 1 unspecified atom stereocenters. The van der Waals surface area contributed by atoms with E-state index in [0.29, 0.717) is 12.0 Å². The molecule has 19 heavy (non-hydrogen) atoms. The van der Waals surface area contributed by atoms with Crippen molar-refractivity contribution in [3.05, 3.63) is 24.3 Å². The number of aromatic nitrogens is 4. The van der Waals surface area contributed by atoms with E-state index in [-0.39, 0.29) is 0 Å². The van der Waals surface area contributed by atoms with Gasteiger partial charge in [-0.25, -0.2) is 4.68 Å². The Hall–Kier alpha value is -1.91. The van der Waals surface area contributed by atoms with E-state index in [2.05, 4.69) is 22.4 Å². The van der Waals surface area contributed by atoms with Crippen LogP contribution in [0.15, 0.2) is 24.3 Å². The number of nitrogens with two attached hydrogens (primary N) is 1. The van der Waals surface area contributed by atoms with Gasteiger partial charge in [-0.15, -0.1) is 5.10 Å². The smallest absolute Gasteiger partial charge is 0.182 e. The Balaban J connectivity index is 1.91. The molecule has 1 aromatic carbocycles. The van der Waals surface area contributed by atoms with Crippen LogP contribution in [0.1, 0.15) is 38.6 Å². The second kappa shape index (κ2) is 4.99. The zero-order chi connectivity index (χ0) is 13.2. The van der Waals surface area contributed by atoms with Crippen LogP contribution in [0.3, 0.4) is 0 Å². The molecule has 0 radical (unpaired) electrons. The van der Waals surface area contributed by atoms with E-state index < -0.39 is 0 Å². The Morgan fingerprint density at radius 1 is 1.21 bits per heavy atom. The summed E-state index contributed by atoms with van der Waals surface area (Å²) in [6.07, 6.45) is 5.22. The van der Waals surface area contributed by atoms with Crippen molar-refractivity contribution < 1.29 is 0 Å². The molecular weight excluding hydrogens is 238 g/mol. The first-order valence-corrected chi connectivity index (χ1v) is 6.89. The van der Waals surface area contributed by atoms with E-state index in [1.165, 1.54) is 25.7 Å². The van der Waals surface area contributed by atoms with Crippen LogP contribution in [0.5, 0.6) is 0 Å². The molecule has 1 aliphatic carbocycles. The molecule has 3 rings (SSSR count). The number of hydrogen-bond acceptors (Lipinski definition) is 4. The average Bonchev–Trinajstić information content (AvgIpc) is 3.10. The molecule has 0 amide bonds. The van der Waals surface area contributed by atoms with Gasteiger partial charge in [-0.3, -0.25) is 0 Å². The number of tetrazole rings is 1. The molecule has 1 aliphatic rings. The number of hydrogen-bond donors (Lipinski definition) is 1. The molecule has 5 nitrogen and oxygen atoms in total. The standard InChI is InChI=1S/C14H19N5/c1-10(11-4-2-3-5-11)19-14(16-17-18-19)12-6-8-13(15)9-7-12/h6-11H,2-5,15H2,1H3. The van der Waals surface area contributed by atoms with Crippen LogP contribution in [0.4, 0.5) is 5.69 Å². The van der Waals surface area contributed by atoms with Gasteiger partial charge in [0.25, 0.3) is 0 Å². The van der Waals surface area contributed by atoms with Crippen LogP contribution in [0.2, 0.25) is 0 Å². The van der Waals surface area contributed by atoms with Gasteiger partial charge in [0.15, 0.2) is 5.82 Å². The van der Waals surface area contributed by atoms with E-state index in [9.17, 15) is 0 Å². The van der Waals surface area contributed by atoms with Crippen molar-refractivity contribution in [1.29, 1.82) is 0 Å². The van der Waals surface area contributed by atoms with E-state index in [1.54, 1.807) is 0 Å². The predicted octanol–water partition coefficient (Wildman–Crippen LogP) is 2.67. The molecule has 2 N–H and O–H groups in total. The van der Waals surface area contributed by atoms with Gasteiger partial charge in [-0.05, 0) is 60.4 Å². The van der Waals surface area contributed by atoms with Gasteiger partial charge in [0.2, 0.25) is 0 Å². The van der Waals surface area contributed by atoms with Crippen molar-refractivity contribution in [3.63, 3.8) is 0 Å². The van der Waals surface area contributed by atoms with Crippen molar-refractivity contribution in [3.8, 4) is 11.4 Å². The van der Waals surface area contributed by atoms with E-state index in [1.807, 2.05) is 28.9 Å². The lowest BCUT2D eigenvalue weighted by molar-refractivity contribution is 0.332. The van der Waals surface area contributed by atoms with Crippen LogP contribution in [-0.2, 0) is 0 Å². The van der Waals surface area contributed by atoms with Crippen molar-refractivity contribution in [2.45, 2.75) is 38.6 Å². The summed E-state index contributed by atoms with van der Waals surface area (Å²) < 4.78 is 1.96. The summed E-state index contributed by atoms with van der Waals surface area (Å²) in [5, 5.41) is 12.2. The number of nitrogen functional groups attached to an aromatic ring is 1. The highest BCUT2D eigenvalue weighted by atomic mass is 15.5. The monoisotopic (exact) mass is 257 g/mol. The highest BCUT2D eigenvalue weighted by Gasteiger charge is 2.25. The Morgan fingerprint density at radius 2 is 1.89 bits per heavy atom. The van der Waals surface area contributed by atoms with Crippen molar-refractivity contribution in [2.24, 2.45) is 5.92 Å². The fraction of sp³-hybridized carbons (Fsp3) is 0.500. The third-order valence-corrected chi connectivity index (χ3v) is 4.13. The van der Waals surface area contributed by atoms with E-state index in [0.717, 1.165) is 17.1 Å². The van der Waals surface area contributed by atoms with Gasteiger partial charge in [-0.1, -0.05) is 12.8 Å². The Kier molecular flexibility index (Phi) is 3.19. The maximum atomic E-state index is 5.72. The van der Waals surface area contributed by atoms with Gasteiger partial charge in [0, 0.05) is 11.3 Å². The lowest BCUT2D eigenvalue weighted by Gasteiger charge is -2.19. The van der Waals surface area contributed by atoms with E-state index in [4.69, 9.17) is 5.73 Å². The van der Waals surface area contributed by atoms with Gasteiger partial charge in [0.05, 0.1) is 6.04 Å². The summed E-state index contributed by atoms with van der Waals surface area (Å²) >= 11 is 0. The summed E-state index contributed by atoms with van der Waals surface area (Å²) in [5.74, 6) is 1.52. The van der Waals surface area contributed by atoms with Gasteiger partial charge in [0.1, 0.15) is 0 Å². The minimum Gasteiger partial charge on any atom is -0.399 e. The summed E-state index contributed by atoms with van der Waals surface area (Å²) in [6, 6.07) is 8.06. The molecule has 0 saturated heterocycles. The maximum absolute atomic E-state index is 5.72. The van der Waals surface area contributed by atoms with Crippen LogP contribution in [-0.4, -0.2) is 20.2 Å². The zero-order valence-corrected chi connectivity index (χ0v) is 11.2. The Morgan fingerprint density at radius 3 is 2.58 bits per heavy atom. The lowest BCUT2D eigenvalue weighted by atomic mass is 10.00. The molecule has 0 aliphatic heterocycles. The fourth-order valence-corrected chi connectivity index (χ4v) is 2.93. The molecule has 100 valence electrons. The first kappa shape index (κ1) is 12.1. The highest BCUT2D eigenvalue weighted by Crippen LogP contribution is 2.35. The maximum Gasteiger partial charge on any atom is 0.182 e. The molecule has 0 bridgehead atoms. The molecule has 0 spiro atoms. The predicted molar refractivity (Wildman–Crippen MR) is 74.3 cm³/mol. The Labute approximate surface area is 112 Å². The van der Waals surface area contributed by atoms with Crippen molar-refractivity contribution in [1.82, 2.24) is 20.2 Å². The third kappa shape index (κ3) is 2.32. The SMILES string of the molecule is CC(C1CCCC1)n1nnnc1-c1ccc(N)cc1. The first-order chi connectivity index (χ1) is 9.25. The average molecular weight is 257 g/mol. The zero-order valence-electron chi connectivity index (χ0n) is 11.2. The normalized spacial score (nSPS) is 17.7. The van der Waals surface area contributed by atoms with E-state index >= 15 is 0 Å². The molecule has 1 aromatic heterocycles. The van der Waals surface area contributed by atoms with Crippen LogP contribution >= 0.6 is 0 Å². The third-order valence-electron chi connectivity index (χ3n) is 4.13. The van der Waals surface area contributed by atoms with Gasteiger partial charge >= 0.3 is 0 Å². The molecule has 1 heterocycles. The highest BCUT2D eigenvalue weighted by molar-refractivity contribution is 5.58. The molecule has 1 fully saturated rings. The van der Waals surface area contributed by atoms with Crippen molar-refractivity contribution >= 4 is 5.69 Å².